The average molecular weight is 473 g/mol. The van der Waals surface area contributed by atoms with Crippen LogP contribution in [-0.2, 0) is 16.0 Å². The van der Waals surface area contributed by atoms with Crippen LogP contribution >= 0.6 is 11.3 Å². The molecule has 0 saturated carbocycles. The number of carbonyl (C=O) groups excluding carboxylic acids is 2. The second-order valence-corrected chi connectivity index (χ2v) is 10.4. The Labute approximate surface area is 201 Å². The monoisotopic (exact) mass is 472 g/mol. The first kappa shape index (κ1) is 25.4. The van der Waals surface area contributed by atoms with Crippen molar-refractivity contribution in [1.29, 1.82) is 0 Å². The molecule has 33 heavy (non-hydrogen) atoms. The van der Waals surface area contributed by atoms with Crippen molar-refractivity contribution in [3.8, 4) is 0 Å². The zero-order valence-corrected chi connectivity index (χ0v) is 21.0. The zero-order chi connectivity index (χ0) is 23.8. The van der Waals surface area contributed by atoms with Crippen molar-refractivity contribution in [3.63, 3.8) is 0 Å². The lowest BCUT2D eigenvalue weighted by molar-refractivity contribution is -0.142. The molecule has 1 aliphatic rings. The van der Waals surface area contributed by atoms with E-state index in [9.17, 15) is 14.0 Å². The fourth-order valence-corrected chi connectivity index (χ4v) is 5.48. The maximum Gasteiger partial charge on any atom is 0.242 e. The van der Waals surface area contributed by atoms with Gasteiger partial charge in [0.2, 0.25) is 11.8 Å². The highest BCUT2D eigenvalue weighted by Crippen LogP contribution is 2.38. The summed E-state index contributed by atoms with van der Waals surface area (Å²) in [4.78, 5) is 31.4. The smallest absolute Gasteiger partial charge is 0.242 e. The van der Waals surface area contributed by atoms with Crippen LogP contribution in [0.2, 0.25) is 0 Å². The summed E-state index contributed by atoms with van der Waals surface area (Å²) in [5.74, 6) is 0.0338. The van der Waals surface area contributed by atoms with Crippen LogP contribution in [0.5, 0.6) is 0 Å². The van der Waals surface area contributed by atoms with Crippen molar-refractivity contribution in [2.45, 2.75) is 71.8 Å². The van der Waals surface area contributed by atoms with Crippen LogP contribution in [0, 0.1) is 11.7 Å². The Morgan fingerprint density at radius 3 is 2.55 bits per heavy atom. The van der Waals surface area contributed by atoms with Gasteiger partial charge in [0.1, 0.15) is 5.82 Å². The van der Waals surface area contributed by atoms with E-state index in [2.05, 4.69) is 32.2 Å². The Bertz CT molecular complexity index is 909. The molecule has 0 spiro atoms. The second-order valence-electron chi connectivity index (χ2n) is 9.42. The van der Waals surface area contributed by atoms with Crippen LogP contribution in [0.25, 0.3) is 0 Å². The van der Waals surface area contributed by atoms with E-state index in [1.807, 2.05) is 4.90 Å². The van der Waals surface area contributed by atoms with E-state index in [0.29, 0.717) is 25.4 Å². The fourth-order valence-electron chi connectivity index (χ4n) is 4.58. The highest BCUT2D eigenvalue weighted by atomic mass is 32.1. The molecule has 1 atom stereocenters. The lowest BCUT2D eigenvalue weighted by Crippen LogP contribution is -2.47. The van der Waals surface area contributed by atoms with Gasteiger partial charge in [-0.05, 0) is 53.5 Å². The van der Waals surface area contributed by atoms with E-state index in [1.165, 1.54) is 29.9 Å². The second kappa shape index (κ2) is 12.3. The van der Waals surface area contributed by atoms with E-state index in [4.69, 9.17) is 0 Å². The molecule has 0 bridgehead atoms. The van der Waals surface area contributed by atoms with Crippen LogP contribution in [0.15, 0.2) is 35.7 Å². The fraction of sp³-hybridized carbons (Fsp3) is 0.556. The van der Waals surface area contributed by atoms with Gasteiger partial charge in [-0.15, -0.1) is 11.3 Å². The third-order valence-electron chi connectivity index (χ3n) is 6.23. The molecule has 0 aliphatic carbocycles. The third-order valence-corrected chi connectivity index (χ3v) is 7.23. The SMILES string of the molecule is CCCCCCCC(=O)N(CC(=O)N1CCc2sccc2C1c1ccc(F)cc1)CC(C)C. The van der Waals surface area contributed by atoms with Crippen molar-refractivity contribution in [3.05, 3.63) is 57.5 Å². The molecule has 2 amide bonds. The van der Waals surface area contributed by atoms with E-state index in [0.717, 1.165) is 36.8 Å². The molecule has 1 aliphatic heterocycles. The number of fused-ring (bicyclic) bond motifs is 1. The van der Waals surface area contributed by atoms with Gasteiger partial charge in [0.15, 0.2) is 0 Å². The molecule has 0 N–H and O–H groups in total. The van der Waals surface area contributed by atoms with Crippen molar-refractivity contribution < 1.29 is 14.0 Å². The maximum absolute atomic E-state index is 13.6. The molecule has 3 rings (SSSR count). The first-order valence-electron chi connectivity index (χ1n) is 12.3. The minimum Gasteiger partial charge on any atom is -0.333 e. The topological polar surface area (TPSA) is 40.6 Å². The minimum absolute atomic E-state index is 0.0406. The molecule has 1 unspecified atom stereocenters. The van der Waals surface area contributed by atoms with Crippen molar-refractivity contribution in [2.75, 3.05) is 19.6 Å². The Morgan fingerprint density at radius 1 is 1.12 bits per heavy atom. The predicted molar refractivity (Wildman–Crippen MR) is 133 cm³/mol. The average Bonchev–Trinajstić information content (AvgIpc) is 3.27. The Hall–Kier alpha value is -2.21. The predicted octanol–water partition coefficient (Wildman–Crippen LogP) is 6.21. The molecule has 1 aromatic carbocycles. The molecule has 180 valence electrons. The van der Waals surface area contributed by atoms with Crippen LogP contribution in [0.4, 0.5) is 4.39 Å². The van der Waals surface area contributed by atoms with E-state index < -0.39 is 0 Å². The number of unbranched alkanes of at least 4 members (excludes halogenated alkanes) is 4. The van der Waals surface area contributed by atoms with Crippen LogP contribution in [0.3, 0.4) is 0 Å². The van der Waals surface area contributed by atoms with Gasteiger partial charge in [0.05, 0.1) is 12.6 Å². The summed E-state index contributed by atoms with van der Waals surface area (Å²) < 4.78 is 13.6. The number of nitrogens with zero attached hydrogens (tertiary/aromatic N) is 2. The molecule has 2 aromatic rings. The van der Waals surface area contributed by atoms with Crippen LogP contribution in [0.1, 0.15) is 81.3 Å². The normalized spacial score (nSPS) is 15.5. The summed E-state index contributed by atoms with van der Waals surface area (Å²) in [6.45, 7) is 7.62. The number of hydrogen-bond donors (Lipinski definition) is 0. The maximum atomic E-state index is 13.6. The molecule has 6 heteroatoms. The highest BCUT2D eigenvalue weighted by Gasteiger charge is 2.34. The standard InChI is InChI=1S/C27H37FN2O2S/c1-4-5-6-7-8-9-25(31)29(18-20(2)3)19-26(32)30-16-14-24-23(15-17-33-24)27(30)21-10-12-22(28)13-11-21/h10-13,15,17,20,27H,4-9,14,16,18-19H2,1-3H3. The van der Waals surface area contributed by atoms with E-state index in [-0.39, 0.29) is 30.2 Å². The molecule has 2 heterocycles. The molecule has 1 aromatic heterocycles. The first-order chi connectivity index (χ1) is 15.9. The van der Waals surface area contributed by atoms with Gasteiger partial charge in [-0.25, -0.2) is 4.39 Å². The van der Waals surface area contributed by atoms with Gasteiger partial charge in [-0.1, -0.05) is 58.6 Å². The van der Waals surface area contributed by atoms with Crippen molar-refractivity contribution >= 4 is 23.2 Å². The molecule has 0 radical (unpaired) electrons. The summed E-state index contributed by atoms with van der Waals surface area (Å²) >= 11 is 1.71. The largest absolute Gasteiger partial charge is 0.333 e. The van der Waals surface area contributed by atoms with Crippen molar-refractivity contribution in [1.82, 2.24) is 9.80 Å². The lowest BCUT2D eigenvalue weighted by atomic mass is 9.93. The summed E-state index contributed by atoms with van der Waals surface area (Å²) in [6, 6.07) is 8.26. The summed E-state index contributed by atoms with van der Waals surface area (Å²) in [5, 5.41) is 2.06. The molecule has 0 saturated heterocycles. The van der Waals surface area contributed by atoms with E-state index in [1.54, 1.807) is 28.4 Å². The Morgan fingerprint density at radius 2 is 1.85 bits per heavy atom. The quantitative estimate of drug-likeness (QED) is 0.365. The minimum atomic E-state index is -0.286. The number of thiophene rings is 1. The van der Waals surface area contributed by atoms with Gasteiger partial charge < -0.3 is 9.80 Å². The van der Waals surface area contributed by atoms with E-state index >= 15 is 0 Å². The number of rotatable bonds is 11. The van der Waals surface area contributed by atoms with Gasteiger partial charge >= 0.3 is 0 Å². The van der Waals surface area contributed by atoms with Gasteiger partial charge in [-0.3, -0.25) is 9.59 Å². The lowest BCUT2D eigenvalue weighted by Gasteiger charge is -2.38. The van der Waals surface area contributed by atoms with Crippen LogP contribution < -0.4 is 0 Å². The Balaban J connectivity index is 1.74. The molecule has 4 nitrogen and oxygen atoms in total. The number of carbonyl (C=O) groups is 2. The molecular formula is C27H37FN2O2S. The zero-order valence-electron chi connectivity index (χ0n) is 20.2. The van der Waals surface area contributed by atoms with Gasteiger partial charge in [0.25, 0.3) is 0 Å². The highest BCUT2D eigenvalue weighted by molar-refractivity contribution is 7.10. The van der Waals surface area contributed by atoms with Gasteiger partial charge in [0, 0.05) is 24.4 Å². The number of halogens is 1. The first-order valence-corrected chi connectivity index (χ1v) is 13.2. The summed E-state index contributed by atoms with van der Waals surface area (Å²) in [7, 11) is 0. The Kier molecular flexibility index (Phi) is 9.48. The summed E-state index contributed by atoms with van der Waals surface area (Å²) in [5.41, 5.74) is 2.02. The number of amides is 2. The molecule has 0 fully saturated rings. The van der Waals surface area contributed by atoms with Crippen molar-refractivity contribution in [2.24, 2.45) is 5.92 Å². The number of benzene rings is 1. The van der Waals surface area contributed by atoms with Gasteiger partial charge in [-0.2, -0.15) is 0 Å². The van der Waals surface area contributed by atoms with Crippen LogP contribution in [-0.4, -0.2) is 41.2 Å². The molecular weight excluding hydrogens is 435 g/mol. The number of hydrogen-bond acceptors (Lipinski definition) is 3. The summed E-state index contributed by atoms with van der Waals surface area (Å²) in [6.07, 6.45) is 6.78. The third kappa shape index (κ3) is 6.89.